The van der Waals surface area contributed by atoms with Crippen LogP contribution >= 0.6 is 0 Å². The van der Waals surface area contributed by atoms with Gasteiger partial charge in [-0.25, -0.2) is 0 Å². The minimum Gasteiger partial charge on any atom is -0.394 e. The smallest absolute Gasteiger partial charge is 0.220 e. The van der Waals surface area contributed by atoms with Crippen LogP contribution in [0.25, 0.3) is 0 Å². The van der Waals surface area contributed by atoms with E-state index >= 15 is 0 Å². The molecule has 3 aliphatic heterocycles. The third-order valence-electron chi connectivity index (χ3n) is 19.6. The number of aliphatic hydroxyl groups excluding tert-OH is 11. The van der Waals surface area contributed by atoms with Crippen molar-refractivity contribution in [2.45, 2.75) is 388 Å². The van der Waals surface area contributed by atoms with Gasteiger partial charge in [-0.15, -0.1) is 0 Å². The van der Waals surface area contributed by atoms with Gasteiger partial charge in [0, 0.05) is 6.42 Å². The van der Waals surface area contributed by atoms with Gasteiger partial charge in [-0.2, -0.15) is 0 Å². The SMILES string of the molecule is CC/C=C\C/C=C\C/C=C\C/C=C\C/C=C\C/C=C\C/C=C\C/C=C\CCCCCCCCC(=O)NC(COC1OC(CO)C(OC2OC(CO)C(OC3OC(CO)C(O)C(O)C3O)C(O)C2O)C(O)C1O)C(O)/C=C/CCCCCCCCCCCCCCCCCCCCCCCCCCC. The molecule has 0 spiro atoms. The fourth-order valence-corrected chi connectivity index (χ4v) is 13.1. The van der Waals surface area contributed by atoms with Crippen LogP contribution in [0, 0.1) is 0 Å². The first kappa shape index (κ1) is 93.7. The molecule has 103 heavy (non-hydrogen) atoms. The lowest BCUT2D eigenvalue weighted by atomic mass is 9.96. The fourth-order valence-electron chi connectivity index (χ4n) is 13.1. The molecule has 12 N–H and O–H groups in total. The van der Waals surface area contributed by atoms with Gasteiger partial charge in [-0.1, -0.05) is 303 Å². The van der Waals surface area contributed by atoms with E-state index in [1.54, 1.807) is 6.08 Å². The lowest BCUT2D eigenvalue weighted by Crippen LogP contribution is -2.66. The number of aliphatic hydroxyl groups is 11. The number of hydrogen-bond donors (Lipinski definition) is 12. The third kappa shape index (κ3) is 43.3. The molecule has 594 valence electrons. The lowest BCUT2D eigenvalue weighted by molar-refractivity contribution is -0.379. The molecule has 0 aromatic heterocycles. The third-order valence-corrected chi connectivity index (χ3v) is 19.6. The van der Waals surface area contributed by atoms with E-state index in [1.165, 1.54) is 141 Å². The van der Waals surface area contributed by atoms with Crippen molar-refractivity contribution in [3.8, 4) is 0 Å². The summed E-state index contributed by atoms with van der Waals surface area (Å²) in [6.45, 7) is 1.63. The molecule has 0 radical (unpaired) electrons. The Balaban J connectivity index is 1.39. The number of amides is 1. The van der Waals surface area contributed by atoms with Gasteiger partial charge in [-0.05, 0) is 83.5 Å². The van der Waals surface area contributed by atoms with E-state index in [2.05, 4.69) is 116 Å². The van der Waals surface area contributed by atoms with Crippen LogP contribution in [0.15, 0.2) is 109 Å². The van der Waals surface area contributed by atoms with Gasteiger partial charge in [0.2, 0.25) is 5.91 Å². The Bertz CT molecular complexity index is 2290. The van der Waals surface area contributed by atoms with E-state index in [0.717, 1.165) is 116 Å². The topological polar surface area (TPSA) is 307 Å². The molecular formula is C84H145NO18. The van der Waals surface area contributed by atoms with Crippen molar-refractivity contribution in [1.29, 1.82) is 0 Å². The quantitative estimate of drug-likeness (QED) is 0.0199. The van der Waals surface area contributed by atoms with Gasteiger partial charge < -0.3 is 89.9 Å². The highest BCUT2D eigenvalue weighted by Gasteiger charge is 2.54. The van der Waals surface area contributed by atoms with Crippen molar-refractivity contribution in [2.24, 2.45) is 0 Å². The maximum atomic E-state index is 13.5. The summed E-state index contributed by atoms with van der Waals surface area (Å²) in [5.74, 6) is -0.292. The van der Waals surface area contributed by atoms with E-state index in [4.69, 9.17) is 28.4 Å². The summed E-state index contributed by atoms with van der Waals surface area (Å²) in [6.07, 6.45) is 60.6. The number of carbonyl (C=O) groups is 1. The van der Waals surface area contributed by atoms with E-state index in [-0.39, 0.29) is 18.9 Å². The lowest BCUT2D eigenvalue weighted by Gasteiger charge is -2.48. The highest BCUT2D eigenvalue weighted by molar-refractivity contribution is 5.76. The van der Waals surface area contributed by atoms with E-state index in [9.17, 15) is 61.0 Å². The molecule has 3 saturated heterocycles. The van der Waals surface area contributed by atoms with Crippen LogP contribution in [0.2, 0.25) is 0 Å². The second-order valence-corrected chi connectivity index (χ2v) is 28.5. The normalized spacial score (nSPS) is 26.6. The Morgan fingerprint density at radius 1 is 0.359 bits per heavy atom. The van der Waals surface area contributed by atoms with Crippen LogP contribution in [0.1, 0.15) is 284 Å². The molecule has 17 unspecified atom stereocenters. The molecule has 3 rings (SSSR count). The minimum absolute atomic E-state index is 0.220. The number of nitrogens with one attached hydrogen (secondary N) is 1. The number of allylic oxidation sites excluding steroid dienone is 17. The number of unbranched alkanes of at least 4 members (excludes halogenated alkanes) is 31. The summed E-state index contributed by atoms with van der Waals surface area (Å²) < 4.78 is 34.5. The Labute approximate surface area is 621 Å². The summed E-state index contributed by atoms with van der Waals surface area (Å²) in [4.78, 5) is 13.5. The zero-order valence-electron chi connectivity index (χ0n) is 63.5. The molecule has 17 atom stereocenters. The largest absolute Gasteiger partial charge is 0.394 e. The van der Waals surface area contributed by atoms with Gasteiger partial charge in [0.25, 0.3) is 0 Å². The molecule has 0 aromatic carbocycles. The maximum Gasteiger partial charge on any atom is 0.220 e. The first-order valence-electron chi connectivity index (χ1n) is 40.6. The van der Waals surface area contributed by atoms with E-state index in [1.807, 2.05) is 6.08 Å². The molecule has 0 aromatic rings. The molecule has 3 heterocycles. The van der Waals surface area contributed by atoms with Crippen molar-refractivity contribution >= 4 is 5.91 Å². The highest BCUT2D eigenvalue weighted by atomic mass is 16.8. The van der Waals surface area contributed by atoms with Gasteiger partial charge in [-0.3, -0.25) is 4.79 Å². The van der Waals surface area contributed by atoms with Crippen molar-refractivity contribution < 1.29 is 89.4 Å². The average molecular weight is 1460 g/mol. The zero-order chi connectivity index (χ0) is 74.6. The minimum atomic E-state index is -1.99. The van der Waals surface area contributed by atoms with Gasteiger partial charge in [0.15, 0.2) is 18.9 Å². The zero-order valence-corrected chi connectivity index (χ0v) is 63.5. The first-order chi connectivity index (χ1) is 50.3. The standard InChI is InChI=1S/C84H145NO18/c1-3-5-7-9-11-13-15-17-19-21-23-25-27-29-31-32-33-34-36-38-40-42-44-46-48-50-52-54-56-58-60-62-72(90)85-67(68(89)61-59-57-55-53-51-49-47-45-43-41-39-37-35-30-28-26-24-22-20-18-16-14-12-10-8-6-4-2)66-98-82-78(96)75(93)80(70(64-87)100-82)103-84-79(97)76(94)81(71(65-88)101-84)102-83-77(95)74(92)73(91)69(63-86)99-83/h5,7,11,13,17,19,23,25,29,31,33-34,38,40,44,46,59,61,67-71,73-84,86-89,91-97H,3-4,6,8-10,12,14-16,18,20-22,24,26-28,30,32,35-37,39,41-43,45,47-58,60,62-66H2,1-2H3,(H,85,90)/b7-5-,13-11-,19-17-,25-23-,31-29-,34-33-,40-38-,46-44-,61-59+. The Kier molecular flexibility index (Phi) is 57.6. The van der Waals surface area contributed by atoms with Crippen LogP contribution in [0.5, 0.6) is 0 Å². The van der Waals surface area contributed by atoms with Crippen molar-refractivity contribution in [3.63, 3.8) is 0 Å². The van der Waals surface area contributed by atoms with Gasteiger partial charge in [0.1, 0.15) is 73.2 Å². The van der Waals surface area contributed by atoms with Crippen molar-refractivity contribution in [3.05, 3.63) is 109 Å². The Hall–Kier alpha value is -3.55. The van der Waals surface area contributed by atoms with Gasteiger partial charge in [0.05, 0.1) is 38.6 Å². The predicted octanol–water partition coefficient (Wildman–Crippen LogP) is 13.7. The molecule has 0 aliphatic carbocycles. The maximum absolute atomic E-state index is 13.5. The first-order valence-corrected chi connectivity index (χ1v) is 40.6. The summed E-state index contributed by atoms with van der Waals surface area (Å²) in [6, 6.07) is -0.991. The highest BCUT2D eigenvalue weighted by Crippen LogP contribution is 2.33. The van der Waals surface area contributed by atoms with Gasteiger partial charge >= 0.3 is 0 Å². The Morgan fingerprint density at radius 2 is 0.670 bits per heavy atom. The molecule has 1 amide bonds. The molecule has 3 aliphatic rings. The molecular weight excluding hydrogens is 1310 g/mol. The average Bonchev–Trinajstić information content (AvgIpc) is 0.781. The summed E-state index contributed by atoms with van der Waals surface area (Å²) in [5, 5.41) is 121. The van der Waals surface area contributed by atoms with E-state index < -0.39 is 124 Å². The predicted molar refractivity (Wildman–Crippen MR) is 410 cm³/mol. The fraction of sp³-hybridized carbons (Fsp3) is 0.774. The van der Waals surface area contributed by atoms with E-state index in [0.29, 0.717) is 6.42 Å². The van der Waals surface area contributed by atoms with Crippen LogP contribution in [0.3, 0.4) is 0 Å². The molecule has 3 fully saturated rings. The molecule has 0 bridgehead atoms. The Morgan fingerprint density at radius 3 is 1.05 bits per heavy atom. The summed E-state index contributed by atoms with van der Waals surface area (Å²) in [7, 11) is 0. The summed E-state index contributed by atoms with van der Waals surface area (Å²) >= 11 is 0. The van der Waals surface area contributed by atoms with Crippen molar-refractivity contribution in [1.82, 2.24) is 5.32 Å². The summed E-state index contributed by atoms with van der Waals surface area (Å²) in [5.41, 5.74) is 0. The van der Waals surface area contributed by atoms with Crippen LogP contribution in [0.4, 0.5) is 0 Å². The van der Waals surface area contributed by atoms with Crippen LogP contribution in [-0.4, -0.2) is 193 Å². The number of carbonyl (C=O) groups excluding carboxylic acids is 1. The molecule has 19 heteroatoms. The molecule has 19 nitrogen and oxygen atoms in total. The molecule has 0 saturated carbocycles. The second-order valence-electron chi connectivity index (χ2n) is 28.5. The van der Waals surface area contributed by atoms with Crippen LogP contribution < -0.4 is 5.32 Å². The number of ether oxygens (including phenoxy) is 6. The number of hydrogen-bond acceptors (Lipinski definition) is 18. The van der Waals surface area contributed by atoms with Crippen molar-refractivity contribution in [2.75, 3.05) is 26.4 Å². The second kappa shape index (κ2) is 63.4. The number of rotatable bonds is 63. The monoisotopic (exact) mass is 1460 g/mol. The van der Waals surface area contributed by atoms with Crippen LogP contribution in [-0.2, 0) is 33.2 Å².